The van der Waals surface area contributed by atoms with Crippen LogP contribution in [0.4, 0.5) is 4.39 Å². The molecule has 0 aliphatic rings. The van der Waals surface area contributed by atoms with Crippen LogP contribution in [0.1, 0.15) is 17.7 Å². The first-order chi connectivity index (χ1) is 10.5. The number of nitrogens with one attached hydrogen (secondary N) is 1. The number of ether oxygens (including phenoxy) is 1. The van der Waals surface area contributed by atoms with Gasteiger partial charge in [0.25, 0.3) is 0 Å². The lowest BCUT2D eigenvalue weighted by Gasteiger charge is -2.18. The molecule has 0 fully saturated rings. The molecule has 1 rings (SSSR count). The zero-order valence-corrected chi connectivity index (χ0v) is 18.4. The molecule has 132 valence electrons. The van der Waals surface area contributed by atoms with Gasteiger partial charge in [0.1, 0.15) is 12.5 Å². The molecule has 1 aromatic rings. The summed E-state index contributed by atoms with van der Waals surface area (Å²) in [5.74, 6) is -0.466. The molecule has 0 aliphatic carbocycles. The normalized spacial score (nSPS) is 14.0. The summed E-state index contributed by atoms with van der Waals surface area (Å²) in [6, 6.07) is 3.58. The second-order valence-corrected chi connectivity index (χ2v) is 15.6. The Morgan fingerprint density at radius 3 is 2.57 bits per heavy atom. The summed E-state index contributed by atoms with van der Waals surface area (Å²) < 4.78 is 46.0. The minimum Gasteiger partial charge on any atom is -0.366 e. The molecular formula is C14H22ClFINO3SSi. The maximum atomic E-state index is 13.4. The van der Waals surface area contributed by atoms with E-state index in [0.29, 0.717) is 12.2 Å². The molecule has 1 aromatic carbocycles. The van der Waals surface area contributed by atoms with Crippen molar-refractivity contribution >= 4 is 52.3 Å². The number of sulfonamides is 1. The lowest BCUT2D eigenvalue weighted by molar-refractivity contribution is 0.143. The van der Waals surface area contributed by atoms with Crippen molar-refractivity contribution in [3.63, 3.8) is 0 Å². The zero-order chi connectivity index (χ0) is 17.8. The number of rotatable bonds is 8. The number of hydrogen-bond acceptors (Lipinski definition) is 3. The summed E-state index contributed by atoms with van der Waals surface area (Å²) in [5, 5.41) is -0.771. The monoisotopic (exact) mass is 493 g/mol. The van der Waals surface area contributed by atoms with E-state index in [4.69, 9.17) is 16.3 Å². The number of halogens is 3. The van der Waals surface area contributed by atoms with E-state index in [2.05, 4.69) is 24.4 Å². The first-order valence-electron chi connectivity index (χ1n) is 7.15. The van der Waals surface area contributed by atoms with Gasteiger partial charge < -0.3 is 4.74 Å². The number of hydrogen-bond donors (Lipinski definition) is 1. The Hall–Kier alpha value is 0.257. The SMILES string of the molecule is CC(c1ccc(F)c(I)c1Cl)S(=O)(=O)NCOCC[Si](C)(C)C. The standard InChI is InChI=1S/C14H22ClFINO3SSi/c1-10(11-5-6-12(16)14(17)13(11)15)22(19,20)18-9-21-7-8-23(2,3)4/h5-6,10,18H,7-9H2,1-4H3. The van der Waals surface area contributed by atoms with Gasteiger partial charge >= 0.3 is 0 Å². The highest BCUT2D eigenvalue weighted by atomic mass is 127. The van der Waals surface area contributed by atoms with Gasteiger partial charge in [0.2, 0.25) is 10.0 Å². The third kappa shape index (κ3) is 6.58. The van der Waals surface area contributed by atoms with Gasteiger partial charge in [-0.1, -0.05) is 37.3 Å². The first-order valence-corrected chi connectivity index (χ1v) is 13.9. The molecule has 9 heteroatoms. The summed E-state index contributed by atoms with van der Waals surface area (Å²) >= 11 is 7.83. The van der Waals surface area contributed by atoms with Crippen LogP contribution in [0, 0.1) is 9.39 Å². The molecular weight excluding hydrogens is 472 g/mol. The predicted molar refractivity (Wildman–Crippen MR) is 104 cm³/mol. The van der Waals surface area contributed by atoms with Crippen molar-refractivity contribution in [2.24, 2.45) is 0 Å². The first kappa shape index (κ1) is 21.3. The van der Waals surface area contributed by atoms with E-state index in [-0.39, 0.29) is 15.3 Å². The Morgan fingerprint density at radius 2 is 2.00 bits per heavy atom. The van der Waals surface area contributed by atoms with Crippen LogP contribution in [0.3, 0.4) is 0 Å². The van der Waals surface area contributed by atoms with Crippen LogP contribution in [0.25, 0.3) is 0 Å². The summed E-state index contributed by atoms with van der Waals surface area (Å²) in [4.78, 5) is 0. The largest absolute Gasteiger partial charge is 0.366 e. The van der Waals surface area contributed by atoms with Crippen molar-refractivity contribution in [3.8, 4) is 0 Å². The quantitative estimate of drug-likeness (QED) is 0.192. The average Bonchev–Trinajstić information content (AvgIpc) is 2.42. The van der Waals surface area contributed by atoms with Gasteiger partial charge in [-0.2, -0.15) is 4.72 Å². The van der Waals surface area contributed by atoms with Crippen molar-refractivity contribution in [2.75, 3.05) is 13.3 Å². The van der Waals surface area contributed by atoms with Gasteiger partial charge in [-0.15, -0.1) is 0 Å². The van der Waals surface area contributed by atoms with E-state index in [1.165, 1.54) is 19.1 Å². The molecule has 0 saturated heterocycles. The summed E-state index contributed by atoms with van der Waals surface area (Å²) in [5.41, 5.74) is 0.368. The highest BCUT2D eigenvalue weighted by Crippen LogP contribution is 2.32. The Bertz CT molecular complexity index is 652. The van der Waals surface area contributed by atoms with Crippen LogP contribution >= 0.6 is 34.2 Å². The van der Waals surface area contributed by atoms with Gasteiger partial charge in [0, 0.05) is 14.7 Å². The molecule has 4 nitrogen and oxygen atoms in total. The van der Waals surface area contributed by atoms with Crippen LogP contribution in [-0.4, -0.2) is 29.8 Å². The fourth-order valence-electron chi connectivity index (χ4n) is 1.72. The van der Waals surface area contributed by atoms with Gasteiger partial charge in [-0.05, 0) is 47.2 Å². The molecule has 0 spiro atoms. The molecule has 0 bridgehead atoms. The number of benzene rings is 1. The Kier molecular flexibility index (Phi) is 7.94. The second-order valence-electron chi connectivity index (χ2n) is 6.46. The smallest absolute Gasteiger partial charge is 0.220 e. The van der Waals surface area contributed by atoms with Crippen molar-refractivity contribution in [1.29, 1.82) is 0 Å². The van der Waals surface area contributed by atoms with Gasteiger partial charge in [-0.25, -0.2) is 12.8 Å². The van der Waals surface area contributed by atoms with E-state index in [0.717, 1.165) is 6.04 Å². The Balaban J connectivity index is 2.68. The highest BCUT2D eigenvalue weighted by molar-refractivity contribution is 14.1. The van der Waals surface area contributed by atoms with Gasteiger partial charge in [0.15, 0.2) is 0 Å². The summed E-state index contributed by atoms with van der Waals surface area (Å²) in [6.07, 6.45) is 0. The molecule has 0 amide bonds. The molecule has 0 aromatic heterocycles. The van der Waals surface area contributed by atoms with E-state index in [1.54, 1.807) is 22.6 Å². The molecule has 0 heterocycles. The maximum Gasteiger partial charge on any atom is 0.220 e. The maximum absolute atomic E-state index is 13.4. The Labute approximate surface area is 157 Å². The predicted octanol–water partition coefficient (Wildman–Crippen LogP) is 4.38. The molecule has 0 saturated carbocycles. The van der Waals surface area contributed by atoms with E-state index >= 15 is 0 Å². The molecule has 23 heavy (non-hydrogen) atoms. The fourth-order valence-corrected chi connectivity index (χ4v) is 4.38. The highest BCUT2D eigenvalue weighted by Gasteiger charge is 2.26. The molecule has 1 unspecified atom stereocenters. The molecule has 1 N–H and O–H groups in total. The van der Waals surface area contributed by atoms with Crippen LogP contribution in [-0.2, 0) is 14.8 Å². The lowest BCUT2D eigenvalue weighted by atomic mass is 10.1. The van der Waals surface area contributed by atoms with Gasteiger partial charge in [-0.3, -0.25) is 0 Å². The van der Waals surface area contributed by atoms with Crippen LogP contribution < -0.4 is 4.72 Å². The average molecular weight is 494 g/mol. The van der Waals surface area contributed by atoms with Crippen LogP contribution in [0.2, 0.25) is 30.7 Å². The zero-order valence-electron chi connectivity index (χ0n) is 13.6. The summed E-state index contributed by atoms with van der Waals surface area (Å²) in [6.45, 7) is 8.64. The van der Waals surface area contributed by atoms with E-state index < -0.39 is 29.2 Å². The minimum absolute atomic E-state index is 0.0763. The fraction of sp³-hybridized carbons (Fsp3) is 0.571. The minimum atomic E-state index is -3.66. The third-order valence-electron chi connectivity index (χ3n) is 3.33. The lowest BCUT2D eigenvalue weighted by Crippen LogP contribution is -2.31. The van der Waals surface area contributed by atoms with Crippen molar-refractivity contribution in [3.05, 3.63) is 32.1 Å². The second kappa shape index (κ2) is 8.57. The molecule has 0 aliphatic heterocycles. The van der Waals surface area contributed by atoms with Crippen molar-refractivity contribution < 1.29 is 17.5 Å². The summed E-state index contributed by atoms with van der Waals surface area (Å²) in [7, 11) is -4.86. The van der Waals surface area contributed by atoms with Crippen molar-refractivity contribution in [1.82, 2.24) is 4.72 Å². The van der Waals surface area contributed by atoms with Crippen molar-refractivity contribution in [2.45, 2.75) is 37.9 Å². The van der Waals surface area contributed by atoms with Gasteiger partial charge in [0.05, 0.1) is 13.8 Å². The molecule has 0 radical (unpaired) electrons. The van der Waals surface area contributed by atoms with E-state index in [1.807, 2.05) is 0 Å². The Morgan fingerprint density at radius 1 is 1.39 bits per heavy atom. The van der Waals surface area contributed by atoms with Crippen LogP contribution in [0.5, 0.6) is 0 Å². The topological polar surface area (TPSA) is 55.4 Å². The van der Waals surface area contributed by atoms with Crippen LogP contribution in [0.15, 0.2) is 12.1 Å². The third-order valence-corrected chi connectivity index (χ3v) is 8.52. The van der Waals surface area contributed by atoms with E-state index in [9.17, 15) is 12.8 Å². The molecule has 1 atom stereocenters.